The van der Waals surface area contributed by atoms with Gasteiger partial charge in [0.1, 0.15) is 11.5 Å². The number of benzene rings is 1. The molecule has 0 aliphatic heterocycles. The highest BCUT2D eigenvalue weighted by Gasteiger charge is 2.22. The molecule has 1 aliphatic carbocycles. The van der Waals surface area contributed by atoms with E-state index in [4.69, 9.17) is 9.47 Å². The van der Waals surface area contributed by atoms with E-state index in [0.717, 1.165) is 11.3 Å². The van der Waals surface area contributed by atoms with Gasteiger partial charge in [-0.05, 0) is 36.6 Å². The van der Waals surface area contributed by atoms with Gasteiger partial charge in [0.25, 0.3) is 6.43 Å². The van der Waals surface area contributed by atoms with Crippen molar-refractivity contribution >= 4 is 6.08 Å². The summed E-state index contributed by atoms with van der Waals surface area (Å²) in [6, 6.07) is 3.54. The van der Waals surface area contributed by atoms with E-state index < -0.39 is 6.43 Å². The number of alkyl halides is 2. The van der Waals surface area contributed by atoms with Crippen molar-refractivity contribution in [2.45, 2.75) is 19.3 Å². The van der Waals surface area contributed by atoms with E-state index in [9.17, 15) is 8.78 Å². The van der Waals surface area contributed by atoms with E-state index in [-0.39, 0.29) is 5.57 Å². The molecule has 2 nitrogen and oxygen atoms in total. The Morgan fingerprint density at radius 1 is 1.06 bits per heavy atom. The average molecular weight is 240 g/mol. The summed E-state index contributed by atoms with van der Waals surface area (Å²) in [5, 5.41) is 0. The Labute approximate surface area is 98.8 Å². The van der Waals surface area contributed by atoms with Gasteiger partial charge in [0.2, 0.25) is 0 Å². The number of fused-ring (bicyclic) bond motifs is 1. The molecule has 17 heavy (non-hydrogen) atoms. The van der Waals surface area contributed by atoms with Gasteiger partial charge in [-0.2, -0.15) is 0 Å². The minimum atomic E-state index is -2.40. The zero-order valence-corrected chi connectivity index (χ0v) is 9.80. The zero-order chi connectivity index (χ0) is 12.4. The first-order chi connectivity index (χ1) is 8.17. The van der Waals surface area contributed by atoms with Crippen LogP contribution < -0.4 is 9.47 Å². The maximum Gasteiger partial charge on any atom is 0.260 e. The molecule has 0 radical (unpaired) electrons. The predicted molar refractivity (Wildman–Crippen MR) is 61.8 cm³/mol. The van der Waals surface area contributed by atoms with E-state index in [1.165, 1.54) is 13.2 Å². The molecule has 0 bridgehead atoms. The lowest BCUT2D eigenvalue weighted by atomic mass is 9.91. The molecule has 1 aromatic carbocycles. The van der Waals surface area contributed by atoms with Gasteiger partial charge in [-0.15, -0.1) is 0 Å². The van der Waals surface area contributed by atoms with Gasteiger partial charge in [0.15, 0.2) is 0 Å². The van der Waals surface area contributed by atoms with Gasteiger partial charge in [-0.1, -0.05) is 0 Å². The quantitative estimate of drug-likeness (QED) is 0.807. The van der Waals surface area contributed by atoms with Crippen LogP contribution in [-0.4, -0.2) is 20.6 Å². The first kappa shape index (κ1) is 11.9. The topological polar surface area (TPSA) is 18.5 Å². The highest BCUT2D eigenvalue weighted by molar-refractivity contribution is 5.69. The summed E-state index contributed by atoms with van der Waals surface area (Å²) in [5.41, 5.74) is 1.81. The highest BCUT2D eigenvalue weighted by atomic mass is 19.3. The summed E-state index contributed by atoms with van der Waals surface area (Å²) in [6.07, 6.45) is 0.0457. The Morgan fingerprint density at radius 3 is 2.29 bits per heavy atom. The summed E-state index contributed by atoms with van der Waals surface area (Å²) in [6.45, 7) is 0. The molecule has 0 spiro atoms. The van der Waals surface area contributed by atoms with Crippen molar-refractivity contribution < 1.29 is 18.3 Å². The van der Waals surface area contributed by atoms with Gasteiger partial charge in [0, 0.05) is 11.1 Å². The van der Waals surface area contributed by atoms with Crippen molar-refractivity contribution in [3.63, 3.8) is 0 Å². The van der Waals surface area contributed by atoms with Crippen LogP contribution in [0.15, 0.2) is 17.7 Å². The predicted octanol–water partition coefficient (Wildman–Crippen LogP) is 3.30. The van der Waals surface area contributed by atoms with Gasteiger partial charge in [-0.3, -0.25) is 0 Å². The summed E-state index contributed by atoms with van der Waals surface area (Å²) < 4.78 is 35.8. The molecule has 0 aromatic heterocycles. The maximum absolute atomic E-state index is 12.7. The van der Waals surface area contributed by atoms with Crippen LogP contribution in [-0.2, 0) is 6.42 Å². The zero-order valence-electron chi connectivity index (χ0n) is 9.80. The summed E-state index contributed by atoms with van der Waals surface area (Å²) in [7, 11) is 3.11. The molecule has 4 heteroatoms. The SMILES string of the molecule is COc1ccc(OC)c2c1C=C(C(F)F)CC2. The fourth-order valence-corrected chi connectivity index (χ4v) is 2.11. The lowest BCUT2D eigenvalue weighted by Crippen LogP contribution is -2.08. The molecule has 0 fully saturated rings. The lowest BCUT2D eigenvalue weighted by Gasteiger charge is -2.20. The van der Waals surface area contributed by atoms with Crippen LogP contribution in [0.2, 0.25) is 0 Å². The summed E-state index contributed by atoms with van der Waals surface area (Å²) in [5.74, 6) is 1.34. The molecule has 0 unspecified atom stereocenters. The van der Waals surface area contributed by atoms with Crippen molar-refractivity contribution in [2.75, 3.05) is 14.2 Å². The molecule has 2 rings (SSSR count). The van der Waals surface area contributed by atoms with Crippen LogP contribution in [0.3, 0.4) is 0 Å². The van der Waals surface area contributed by atoms with Crippen molar-refractivity contribution in [1.29, 1.82) is 0 Å². The molecule has 0 saturated carbocycles. The van der Waals surface area contributed by atoms with Gasteiger partial charge >= 0.3 is 0 Å². The maximum atomic E-state index is 12.7. The molecule has 92 valence electrons. The first-order valence-electron chi connectivity index (χ1n) is 5.39. The van der Waals surface area contributed by atoms with Crippen LogP contribution >= 0.6 is 0 Å². The molecule has 1 aromatic rings. The fraction of sp³-hybridized carbons (Fsp3) is 0.385. The van der Waals surface area contributed by atoms with Crippen LogP contribution in [0.25, 0.3) is 6.08 Å². The summed E-state index contributed by atoms with van der Waals surface area (Å²) in [4.78, 5) is 0. The lowest BCUT2D eigenvalue weighted by molar-refractivity contribution is 0.186. The number of hydrogen-bond donors (Lipinski definition) is 0. The number of methoxy groups -OCH3 is 2. The number of ether oxygens (including phenoxy) is 2. The van der Waals surface area contributed by atoms with E-state index in [1.54, 1.807) is 19.2 Å². The molecule has 1 aliphatic rings. The Bertz CT molecular complexity index is 453. The van der Waals surface area contributed by atoms with Crippen LogP contribution in [0.1, 0.15) is 17.5 Å². The van der Waals surface area contributed by atoms with Crippen LogP contribution in [0.5, 0.6) is 11.5 Å². The molecule has 0 N–H and O–H groups in total. The Balaban J connectivity index is 2.54. The van der Waals surface area contributed by atoms with Gasteiger partial charge < -0.3 is 9.47 Å². The van der Waals surface area contributed by atoms with Crippen LogP contribution in [0, 0.1) is 0 Å². The fourth-order valence-electron chi connectivity index (χ4n) is 2.11. The second kappa shape index (κ2) is 4.73. The number of halogens is 2. The first-order valence-corrected chi connectivity index (χ1v) is 5.39. The highest BCUT2D eigenvalue weighted by Crippen LogP contribution is 2.38. The Kier molecular flexibility index (Phi) is 3.31. The Hall–Kier alpha value is -1.58. The van der Waals surface area contributed by atoms with E-state index in [1.807, 2.05) is 0 Å². The number of hydrogen-bond acceptors (Lipinski definition) is 2. The third kappa shape index (κ3) is 2.12. The van der Waals surface area contributed by atoms with Crippen molar-refractivity contribution in [2.24, 2.45) is 0 Å². The van der Waals surface area contributed by atoms with Crippen molar-refractivity contribution in [1.82, 2.24) is 0 Å². The van der Waals surface area contributed by atoms with Crippen molar-refractivity contribution in [3.8, 4) is 11.5 Å². The van der Waals surface area contributed by atoms with E-state index in [2.05, 4.69) is 0 Å². The molecular weight excluding hydrogens is 226 g/mol. The van der Waals surface area contributed by atoms with E-state index >= 15 is 0 Å². The molecule has 0 heterocycles. The normalized spacial score (nSPS) is 14.3. The van der Waals surface area contributed by atoms with E-state index in [0.29, 0.717) is 24.2 Å². The second-order valence-corrected chi connectivity index (χ2v) is 3.88. The smallest absolute Gasteiger partial charge is 0.260 e. The third-order valence-corrected chi connectivity index (χ3v) is 2.99. The monoisotopic (exact) mass is 240 g/mol. The molecule has 0 saturated heterocycles. The average Bonchev–Trinajstić information content (AvgIpc) is 2.36. The van der Waals surface area contributed by atoms with Crippen LogP contribution in [0.4, 0.5) is 8.78 Å². The minimum Gasteiger partial charge on any atom is -0.496 e. The molecule has 0 amide bonds. The van der Waals surface area contributed by atoms with Crippen molar-refractivity contribution in [3.05, 3.63) is 28.8 Å². The minimum absolute atomic E-state index is 0.157. The standard InChI is InChI=1S/C13H14F2O2/c1-16-11-5-6-12(17-2)10-7-8(13(14)15)3-4-9(10)11/h5-7,13H,3-4H2,1-2H3. The molecular formula is C13H14F2O2. The van der Waals surface area contributed by atoms with Gasteiger partial charge in [-0.25, -0.2) is 8.78 Å². The third-order valence-electron chi connectivity index (χ3n) is 2.99. The number of rotatable bonds is 3. The largest absolute Gasteiger partial charge is 0.496 e. The Morgan fingerprint density at radius 2 is 1.71 bits per heavy atom. The van der Waals surface area contributed by atoms with Gasteiger partial charge in [0.05, 0.1) is 14.2 Å². The number of allylic oxidation sites excluding steroid dienone is 1. The molecule has 0 atom stereocenters. The summed E-state index contributed by atoms with van der Waals surface area (Å²) >= 11 is 0. The second-order valence-electron chi connectivity index (χ2n) is 3.88.